The lowest BCUT2D eigenvalue weighted by Gasteiger charge is -2.10. The second-order valence-electron chi connectivity index (χ2n) is 4.06. The van der Waals surface area contributed by atoms with Crippen molar-refractivity contribution in [3.63, 3.8) is 0 Å². The van der Waals surface area contributed by atoms with Gasteiger partial charge in [-0.1, -0.05) is 6.92 Å². The van der Waals surface area contributed by atoms with Gasteiger partial charge in [0, 0.05) is 25.4 Å². The first kappa shape index (κ1) is 15.7. The monoisotopic (exact) mass is 269 g/mol. The van der Waals surface area contributed by atoms with Crippen molar-refractivity contribution in [3.05, 3.63) is 11.8 Å². The van der Waals surface area contributed by atoms with Gasteiger partial charge in [0.2, 0.25) is 11.8 Å². The molecule has 0 aliphatic rings. The normalized spacial score (nSPS) is 10.5. The molecule has 0 saturated heterocycles. The van der Waals surface area contributed by atoms with E-state index in [9.17, 15) is 0 Å². The van der Waals surface area contributed by atoms with Crippen LogP contribution in [0.3, 0.4) is 0 Å². The van der Waals surface area contributed by atoms with Crippen molar-refractivity contribution in [2.45, 2.75) is 20.3 Å². The molecule has 0 radical (unpaired) electrons. The maximum Gasteiger partial charge on any atom is 0.225 e. The Labute approximate surface area is 114 Å². The zero-order valence-electron chi connectivity index (χ0n) is 11.9. The fraction of sp³-hybridized carbons (Fsp3) is 0.692. The molecule has 0 aliphatic carbocycles. The third kappa shape index (κ3) is 6.35. The number of anilines is 1. The smallest absolute Gasteiger partial charge is 0.225 e. The fourth-order valence-corrected chi connectivity index (χ4v) is 1.34. The molecule has 0 amide bonds. The van der Waals surface area contributed by atoms with E-state index in [2.05, 4.69) is 22.2 Å². The highest BCUT2D eigenvalue weighted by molar-refractivity contribution is 5.32. The van der Waals surface area contributed by atoms with E-state index in [0.717, 1.165) is 18.5 Å². The van der Waals surface area contributed by atoms with Crippen LogP contribution in [0.25, 0.3) is 0 Å². The molecule has 1 heterocycles. The Bertz CT molecular complexity index is 361. The fourth-order valence-electron chi connectivity index (χ4n) is 1.34. The lowest BCUT2D eigenvalue weighted by molar-refractivity contribution is 0.0535. The van der Waals surface area contributed by atoms with Crippen LogP contribution in [0.2, 0.25) is 0 Å². The van der Waals surface area contributed by atoms with Crippen molar-refractivity contribution in [3.8, 4) is 5.88 Å². The summed E-state index contributed by atoms with van der Waals surface area (Å²) in [6.45, 7) is 7.02. The van der Waals surface area contributed by atoms with E-state index in [1.165, 1.54) is 0 Å². The molecule has 6 heteroatoms. The average molecular weight is 269 g/mol. The first-order chi connectivity index (χ1) is 9.27. The molecule has 1 rings (SSSR count). The lowest BCUT2D eigenvalue weighted by atomic mass is 10.4. The Morgan fingerprint density at radius 3 is 2.74 bits per heavy atom. The number of nitrogens with zero attached hydrogens (tertiary/aromatic N) is 2. The quantitative estimate of drug-likeness (QED) is 0.652. The highest BCUT2D eigenvalue weighted by atomic mass is 16.5. The first-order valence-electron chi connectivity index (χ1n) is 6.55. The van der Waals surface area contributed by atoms with Gasteiger partial charge in [-0.15, -0.1) is 0 Å². The van der Waals surface area contributed by atoms with E-state index < -0.39 is 0 Å². The molecule has 0 atom stereocenters. The van der Waals surface area contributed by atoms with E-state index in [1.54, 1.807) is 13.3 Å². The van der Waals surface area contributed by atoms with Gasteiger partial charge in [-0.2, -0.15) is 4.98 Å². The molecule has 6 nitrogen and oxygen atoms in total. The summed E-state index contributed by atoms with van der Waals surface area (Å²) in [6.07, 6.45) is 2.78. The average Bonchev–Trinajstić information content (AvgIpc) is 2.43. The van der Waals surface area contributed by atoms with Crippen molar-refractivity contribution in [1.82, 2.24) is 9.97 Å². The number of hydrogen-bond donors (Lipinski definition) is 1. The van der Waals surface area contributed by atoms with Gasteiger partial charge < -0.3 is 19.5 Å². The van der Waals surface area contributed by atoms with Crippen molar-refractivity contribution in [1.29, 1.82) is 0 Å². The van der Waals surface area contributed by atoms with Crippen LogP contribution >= 0.6 is 0 Å². The van der Waals surface area contributed by atoms with E-state index in [1.807, 2.05) is 6.92 Å². The zero-order valence-corrected chi connectivity index (χ0v) is 11.9. The second kappa shape index (κ2) is 9.52. The summed E-state index contributed by atoms with van der Waals surface area (Å²) in [5.41, 5.74) is 0.916. The Kier molecular flexibility index (Phi) is 7.84. The van der Waals surface area contributed by atoms with Crippen molar-refractivity contribution in [2.24, 2.45) is 0 Å². The molecule has 108 valence electrons. The molecule has 19 heavy (non-hydrogen) atoms. The zero-order chi connectivity index (χ0) is 13.9. The summed E-state index contributed by atoms with van der Waals surface area (Å²) in [6, 6.07) is 0. The topological polar surface area (TPSA) is 65.5 Å². The molecular weight excluding hydrogens is 246 g/mol. The standard InChI is InChI=1S/C13H23N3O3/c1-4-5-14-13-15-10-11(2)12(16-13)19-9-8-18-7-6-17-3/h10H,4-9H2,1-3H3,(H,14,15,16). The SMILES string of the molecule is CCCNc1ncc(C)c(OCCOCCOC)n1. The number of ether oxygens (including phenoxy) is 3. The Morgan fingerprint density at radius 1 is 1.21 bits per heavy atom. The summed E-state index contributed by atoms with van der Waals surface area (Å²) in [5.74, 6) is 1.20. The summed E-state index contributed by atoms with van der Waals surface area (Å²) >= 11 is 0. The number of rotatable bonds is 10. The molecule has 0 bridgehead atoms. The summed E-state index contributed by atoms with van der Waals surface area (Å²) in [4.78, 5) is 8.51. The second-order valence-corrected chi connectivity index (χ2v) is 4.06. The lowest BCUT2D eigenvalue weighted by Crippen LogP contribution is -2.12. The van der Waals surface area contributed by atoms with Crippen LogP contribution in [0.1, 0.15) is 18.9 Å². The minimum Gasteiger partial charge on any atom is -0.475 e. The molecule has 0 unspecified atom stereocenters. The minimum absolute atomic E-state index is 0.467. The number of methoxy groups -OCH3 is 1. The van der Waals surface area contributed by atoms with Crippen LogP contribution in [-0.2, 0) is 9.47 Å². The summed E-state index contributed by atoms with van der Waals surface area (Å²) < 4.78 is 15.8. The predicted molar refractivity (Wildman–Crippen MR) is 73.7 cm³/mol. The van der Waals surface area contributed by atoms with Gasteiger partial charge >= 0.3 is 0 Å². The molecule has 0 spiro atoms. The number of aryl methyl sites for hydroxylation is 1. The van der Waals surface area contributed by atoms with Crippen molar-refractivity contribution < 1.29 is 14.2 Å². The molecule has 0 aliphatic heterocycles. The highest BCUT2D eigenvalue weighted by Crippen LogP contribution is 2.14. The molecule has 1 aromatic rings. The molecule has 0 aromatic carbocycles. The first-order valence-corrected chi connectivity index (χ1v) is 6.55. The maximum atomic E-state index is 5.58. The van der Waals surface area contributed by atoms with E-state index in [-0.39, 0.29) is 0 Å². The Balaban J connectivity index is 2.34. The third-order valence-corrected chi connectivity index (χ3v) is 2.36. The minimum atomic E-state index is 0.467. The Hall–Kier alpha value is -1.40. The van der Waals surface area contributed by atoms with Gasteiger partial charge in [-0.3, -0.25) is 0 Å². The van der Waals surface area contributed by atoms with E-state index in [0.29, 0.717) is 38.3 Å². The molecule has 0 fully saturated rings. The van der Waals surface area contributed by atoms with Gasteiger partial charge in [0.25, 0.3) is 0 Å². The van der Waals surface area contributed by atoms with Crippen LogP contribution < -0.4 is 10.1 Å². The number of hydrogen-bond acceptors (Lipinski definition) is 6. The molecule has 1 N–H and O–H groups in total. The van der Waals surface area contributed by atoms with Crippen LogP contribution in [0, 0.1) is 6.92 Å². The van der Waals surface area contributed by atoms with E-state index >= 15 is 0 Å². The molecule has 0 saturated carbocycles. The van der Waals surface area contributed by atoms with Crippen LogP contribution in [0.15, 0.2) is 6.20 Å². The summed E-state index contributed by atoms with van der Waals surface area (Å²) in [7, 11) is 1.65. The van der Waals surface area contributed by atoms with Crippen molar-refractivity contribution >= 4 is 5.95 Å². The highest BCUT2D eigenvalue weighted by Gasteiger charge is 2.04. The largest absolute Gasteiger partial charge is 0.475 e. The van der Waals surface area contributed by atoms with E-state index in [4.69, 9.17) is 14.2 Å². The van der Waals surface area contributed by atoms with Gasteiger partial charge in [-0.05, 0) is 13.3 Å². The molecular formula is C13H23N3O3. The van der Waals surface area contributed by atoms with Gasteiger partial charge in [0.15, 0.2) is 0 Å². The van der Waals surface area contributed by atoms with Crippen LogP contribution in [0.4, 0.5) is 5.95 Å². The van der Waals surface area contributed by atoms with Crippen LogP contribution in [-0.4, -0.2) is 50.1 Å². The third-order valence-electron chi connectivity index (χ3n) is 2.36. The number of aromatic nitrogens is 2. The molecule has 1 aromatic heterocycles. The van der Waals surface area contributed by atoms with Gasteiger partial charge in [0.1, 0.15) is 6.61 Å². The number of nitrogens with one attached hydrogen (secondary N) is 1. The van der Waals surface area contributed by atoms with Crippen LogP contribution in [0.5, 0.6) is 5.88 Å². The predicted octanol–water partition coefficient (Wildman–Crippen LogP) is 1.65. The summed E-state index contributed by atoms with van der Waals surface area (Å²) in [5, 5.41) is 3.13. The van der Waals surface area contributed by atoms with Crippen molar-refractivity contribution in [2.75, 3.05) is 45.4 Å². The van der Waals surface area contributed by atoms with Gasteiger partial charge in [0.05, 0.1) is 19.8 Å². The van der Waals surface area contributed by atoms with Gasteiger partial charge in [-0.25, -0.2) is 4.98 Å². The Morgan fingerprint density at radius 2 is 2.00 bits per heavy atom. The maximum absolute atomic E-state index is 5.58.